The van der Waals surface area contributed by atoms with E-state index in [0.29, 0.717) is 12.1 Å². The average Bonchev–Trinajstić information content (AvgIpc) is 3.06. The molecule has 116 valence electrons. The average molecular weight is 309 g/mol. The number of nitrogens with zero attached hydrogens (tertiary/aromatic N) is 4. The maximum absolute atomic E-state index is 12.7. The van der Waals surface area contributed by atoms with Crippen molar-refractivity contribution in [2.75, 3.05) is 19.6 Å². The second-order valence-electron chi connectivity index (χ2n) is 5.98. The van der Waals surface area contributed by atoms with E-state index in [1.165, 1.54) is 11.5 Å². The summed E-state index contributed by atoms with van der Waals surface area (Å²) in [6.45, 7) is 7.34. The Morgan fingerprint density at radius 3 is 3.00 bits per heavy atom. The molecule has 0 radical (unpaired) electrons. The number of likely N-dealkylation sites (tertiary alicyclic amines) is 1. The molecule has 2 saturated heterocycles. The third kappa shape index (κ3) is 3.03. The smallest absolute Gasteiger partial charge is 0.318 e. The summed E-state index contributed by atoms with van der Waals surface area (Å²) in [4.78, 5) is 17.2. The molecule has 7 heteroatoms. The predicted octanol–water partition coefficient (Wildman–Crippen LogP) is 1.87. The van der Waals surface area contributed by atoms with E-state index in [9.17, 15) is 4.79 Å². The van der Waals surface area contributed by atoms with Crippen LogP contribution in [0.1, 0.15) is 44.8 Å². The molecule has 2 amide bonds. The van der Waals surface area contributed by atoms with Crippen LogP contribution < -0.4 is 5.32 Å². The van der Waals surface area contributed by atoms with Gasteiger partial charge < -0.3 is 15.1 Å². The molecular weight excluding hydrogens is 286 g/mol. The van der Waals surface area contributed by atoms with Crippen LogP contribution in [0.5, 0.6) is 0 Å². The monoisotopic (exact) mass is 309 g/mol. The molecule has 3 atom stereocenters. The molecule has 3 heterocycles. The van der Waals surface area contributed by atoms with Crippen LogP contribution in [0.25, 0.3) is 0 Å². The summed E-state index contributed by atoms with van der Waals surface area (Å²) < 4.78 is 3.86. The minimum Gasteiger partial charge on any atom is -0.330 e. The molecule has 0 aliphatic carbocycles. The fourth-order valence-electron chi connectivity index (χ4n) is 3.46. The number of fused-ring (bicyclic) bond motifs is 2. The Hall–Kier alpha value is -1.21. The van der Waals surface area contributed by atoms with Crippen molar-refractivity contribution in [2.24, 2.45) is 0 Å². The van der Waals surface area contributed by atoms with Crippen molar-refractivity contribution in [1.29, 1.82) is 0 Å². The predicted molar refractivity (Wildman–Crippen MR) is 82.2 cm³/mol. The Balaban J connectivity index is 1.66. The van der Waals surface area contributed by atoms with Crippen molar-refractivity contribution in [2.45, 2.75) is 51.2 Å². The number of amides is 2. The van der Waals surface area contributed by atoms with Crippen LogP contribution in [0.2, 0.25) is 0 Å². The van der Waals surface area contributed by atoms with Gasteiger partial charge in [0.15, 0.2) is 0 Å². The van der Waals surface area contributed by atoms with Gasteiger partial charge in [0, 0.05) is 30.6 Å². The van der Waals surface area contributed by atoms with Crippen molar-refractivity contribution in [1.82, 2.24) is 24.7 Å². The van der Waals surface area contributed by atoms with Gasteiger partial charge in [-0.25, -0.2) is 4.79 Å². The Morgan fingerprint density at radius 1 is 1.48 bits per heavy atom. The molecule has 2 bridgehead atoms. The van der Waals surface area contributed by atoms with Gasteiger partial charge in [0.25, 0.3) is 0 Å². The van der Waals surface area contributed by atoms with Gasteiger partial charge >= 0.3 is 6.03 Å². The van der Waals surface area contributed by atoms with Crippen LogP contribution in [-0.4, -0.2) is 57.1 Å². The topological polar surface area (TPSA) is 61.4 Å². The van der Waals surface area contributed by atoms with Crippen molar-refractivity contribution >= 4 is 17.6 Å². The van der Waals surface area contributed by atoms with Gasteiger partial charge in [-0.15, -0.1) is 5.10 Å². The molecular formula is C14H23N5OS. The molecule has 2 aliphatic rings. The van der Waals surface area contributed by atoms with Gasteiger partial charge in [-0.3, -0.25) is 0 Å². The highest BCUT2D eigenvalue weighted by molar-refractivity contribution is 7.03. The first-order valence-corrected chi connectivity index (χ1v) is 8.60. The van der Waals surface area contributed by atoms with Gasteiger partial charge in [0.2, 0.25) is 0 Å². The normalized spacial score (nSPS) is 27.4. The van der Waals surface area contributed by atoms with Crippen LogP contribution in [0.3, 0.4) is 0 Å². The molecule has 0 spiro atoms. The molecule has 2 aliphatic heterocycles. The zero-order valence-electron chi connectivity index (χ0n) is 12.7. The molecule has 6 nitrogen and oxygen atoms in total. The Labute approximate surface area is 129 Å². The summed E-state index contributed by atoms with van der Waals surface area (Å²) in [5, 5.41) is 9.01. The highest BCUT2D eigenvalue weighted by Gasteiger charge is 2.40. The zero-order valence-corrected chi connectivity index (χ0v) is 13.5. The first-order valence-electron chi connectivity index (χ1n) is 7.77. The number of hydrogen-bond donors (Lipinski definition) is 1. The van der Waals surface area contributed by atoms with Crippen LogP contribution in [0.15, 0.2) is 5.38 Å². The van der Waals surface area contributed by atoms with E-state index in [1.807, 2.05) is 12.3 Å². The molecule has 1 N–H and O–H groups in total. The van der Waals surface area contributed by atoms with Gasteiger partial charge in [-0.05, 0) is 44.3 Å². The van der Waals surface area contributed by atoms with Gasteiger partial charge in [0.05, 0.1) is 11.7 Å². The quantitative estimate of drug-likeness (QED) is 0.926. The van der Waals surface area contributed by atoms with Gasteiger partial charge in [-0.2, -0.15) is 0 Å². The van der Waals surface area contributed by atoms with Crippen molar-refractivity contribution < 1.29 is 4.79 Å². The first-order chi connectivity index (χ1) is 10.2. The number of urea groups is 1. The van der Waals surface area contributed by atoms with Crippen LogP contribution in [0, 0.1) is 0 Å². The Morgan fingerprint density at radius 2 is 2.29 bits per heavy atom. The number of nitrogens with one attached hydrogen (secondary N) is 1. The van der Waals surface area contributed by atoms with E-state index in [2.05, 4.69) is 31.6 Å². The van der Waals surface area contributed by atoms with Crippen molar-refractivity contribution in [3.63, 3.8) is 0 Å². The Bertz CT molecular complexity index is 480. The number of carbonyl (C=O) groups excluding carboxylic acids is 1. The van der Waals surface area contributed by atoms with Crippen LogP contribution >= 0.6 is 11.5 Å². The van der Waals surface area contributed by atoms with Crippen molar-refractivity contribution in [3.05, 3.63) is 11.1 Å². The first kappa shape index (κ1) is 14.7. The summed E-state index contributed by atoms with van der Waals surface area (Å²) in [5.41, 5.74) is 0.839. The molecule has 1 aromatic heterocycles. The third-order valence-electron chi connectivity index (χ3n) is 4.71. The Kier molecular flexibility index (Phi) is 4.40. The maximum atomic E-state index is 12.7. The van der Waals surface area contributed by atoms with E-state index >= 15 is 0 Å². The van der Waals surface area contributed by atoms with E-state index in [-0.39, 0.29) is 12.1 Å². The highest BCUT2D eigenvalue weighted by atomic mass is 32.1. The largest absolute Gasteiger partial charge is 0.330 e. The highest BCUT2D eigenvalue weighted by Crippen LogP contribution is 2.30. The second kappa shape index (κ2) is 6.27. The van der Waals surface area contributed by atoms with E-state index in [4.69, 9.17) is 0 Å². The standard InChI is InChI=1S/C14H23N5OS/c1-3-18-7-6-11-4-5-12(8-18)19(11)14(20)15-10(2)13-9-21-17-16-13/h9-12H,3-8H2,1-2H3,(H,15,20). The summed E-state index contributed by atoms with van der Waals surface area (Å²) in [6.07, 6.45) is 3.36. The second-order valence-corrected chi connectivity index (χ2v) is 6.58. The fraction of sp³-hybridized carbons (Fsp3) is 0.786. The summed E-state index contributed by atoms with van der Waals surface area (Å²) >= 11 is 1.32. The summed E-state index contributed by atoms with van der Waals surface area (Å²) in [5.74, 6) is 0. The fourth-order valence-corrected chi connectivity index (χ4v) is 4.01. The van der Waals surface area contributed by atoms with Crippen LogP contribution in [-0.2, 0) is 0 Å². The lowest BCUT2D eigenvalue weighted by molar-refractivity contribution is 0.168. The lowest BCUT2D eigenvalue weighted by atomic mass is 10.1. The molecule has 2 fully saturated rings. The van der Waals surface area contributed by atoms with Gasteiger partial charge in [0.1, 0.15) is 0 Å². The number of rotatable bonds is 3. The minimum atomic E-state index is -0.0822. The van der Waals surface area contributed by atoms with Crippen molar-refractivity contribution in [3.8, 4) is 0 Å². The summed E-state index contributed by atoms with van der Waals surface area (Å²) in [7, 11) is 0. The molecule has 0 saturated carbocycles. The zero-order chi connectivity index (χ0) is 14.8. The molecule has 3 unspecified atom stereocenters. The number of hydrogen-bond acceptors (Lipinski definition) is 5. The molecule has 1 aromatic rings. The third-order valence-corrected chi connectivity index (χ3v) is 5.23. The maximum Gasteiger partial charge on any atom is 0.318 e. The number of carbonyl (C=O) groups is 1. The van der Waals surface area contributed by atoms with E-state index in [0.717, 1.165) is 44.6 Å². The van der Waals surface area contributed by atoms with Crippen LogP contribution in [0.4, 0.5) is 4.79 Å². The summed E-state index contributed by atoms with van der Waals surface area (Å²) in [6, 6.07) is 0.729. The van der Waals surface area contributed by atoms with E-state index in [1.54, 1.807) is 0 Å². The molecule has 3 rings (SSSR count). The van der Waals surface area contributed by atoms with Gasteiger partial charge in [-0.1, -0.05) is 11.4 Å². The molecule has 21 heavy (non-hydrogen) atoms. The number of likely N-dealkylation sites (N-methyl/N-ethyl adjacent to an activating group) is 1. The molecule has 0 aromatic carbocycles. The minimum absolute atomic E-state index is 0.0564. The lowest BCUT2D eigenvalue weighted by Gasteiger charge is -2.30. The van der Waals surface area contributed by atoms with E-state index < -0.39 is 0 Å². The lowest BCUT2D eigenvalue weighted by Crippen LogP contribution is -2.48. The number of aromatic nitrogens is 2. The SMILES string of the molecule is CCN1CCC2CCC(C1)N2C(=O)NC(C)c1csnn1.